The highest BCUT2D eigenvalue weighted by atomic mass is 32.1. The number of nitrogens with two attached hydrogens (primary N) is 1. The second-order valence-corrected chi connectivity index (χ2v) is 1.46. The van der Waals surface area contributed by atoms with E-state index in [1.807, 2.05) is 0 Å². The summed E-state index contributed by atoms with van der Waals surface area (Å²) in [5, 5.41) is 1.49. The number of rotatable bonds is 3. The Morgan fingerprint density at radius 1 is 1.88 bits per heavy atom. The number of amides is 1. The molecule has 0 saturated heterocycles. The van der Waals surface area contributed by atoms with Gasteiger partial charge in [-0.1, -0.05) is 12.2 Å². The maximum absolute atomic E-state index is 9.83. The lowest BCUT2D eigenvalue weighted by atomic mass is 10.5. The molecular weight excluding hydrogens is 126 g/mol. The van der Waals surface area contributed by atoms with E-state index in [4.69, 9.17) is 0 Å². The van der Waals surface area contributed by atoms with Gasteiger partial charge >= 0.3 is 6.09 Å². The van der Waals surface area contributed by atoms with Crippen molar-refractivity contribution in [2.24, 2.45) is 5.73 Å². The van der Waals surface area contributed by atoms with E-state index >= 15 is 0 Å². The molecule has 0 aliphatic heterocycles. The summed E-state index contributed by atoms with van der Waals surface area (Å²) in [5.41, 5.74) is 4.62. The van der Waals surface area contributed by atoms with Crippen LogP contribution in [0.3, 0.4) is 0 Å². The van der Waals surface area contributed by atoms with Crippen molar-refractivity contribution in [3.63, 3.8) is 0 Å². The Hall–Kier alpha value is -0.640. The van der Waals surface area contributed by atoms with Crippen LogP contribution in [-0.4, -0.2) is 18.1 Å². The Balaban J connectivity index is 2.93. The van der Waals surface area contributed by atoms with Gasteiger partial charge in [0.05, 0.1) is 6.61 Å². The van der Waals surface area contributed by atoms with Gasteiger partial charge in [0.1, 0.15) is 0 Å². The molecule has 0 aromatic rings. The predicted octanol–water partition coefficient (Wildman–Crippen LogP) is 0.472. The Bertz CT molecular complexity index is 94.0. The lowest BCUT2D eigenvalue weighted by Gasteiger charge is -1.93. The van der Waals surface area contributed by atoms with Crippen LogP contribution in [0.4, 0.5) is 4.79 Å². The van der Waals surface area contributed by atoms with Gasteiger partial charge in [-0.2, -0.15) is 0 Å². The minimum Gasteiger partial charge on any atom is -0.449 e. The minimum absolute atomic E-state index is 0.291. The SMILES string of the molecule is NC(=O)OCCC=S. The van der Waals surface area contributed by atoms with Crippen LogP contribution in [0.5, 0.6) is 0 Å². The molecule has 0 aliphatic carbocycles. The monoisotopic (exact) mass is 133 g/mol. The van der Waals surface area contributed by atoms with Crippen molar-refractivity contribution in [2.75, 3.05) is 6.61 Å². The summed E-state index contributed by atoms with van der Waals surface area (Å²) in [6.07, 6.45) is -0.167. The molecule has 0 radical (unpaired) electrons. The van der Waals surface area contributed by atoms with Gasteiger partial charge in [-0.05, 0) is 5.37 Å². The van der Waals surface area contributed by atoms with E-state index in [-0.39, 0.29) is 0 Å². The third-order valence-electron chi connectivity index (χ3n) is 0.480. The van der Waals surface area contributed by atoms with Crippen molar-refractivity contribution in [1.82, 2.24) is 0 Å². The van der Waals surface area contributed by atoms with E-state index in [9.17, 15) is 4.79 Å². The van der Waals surface area contributed by atoms with Crippen LogP contribution in [0, 0.1) is 0 Å². The maximum atomic E-state index is 9.83. The summed E-state index contributed by atoms with van der Waals surface area (Å²) in [6, 6.07) is 0. The van der Waals surface area contributed by atoms with E-state index in [0.29, 0.717) is 13.0 Å². The van der Waals surface area contributed by atoms with Crippen LogP contribution in [0.15, 0.2) is 0 Å². The largest absolute Gasteiger partial charge is 0.449 e. The van der Waals surface area contributed by atoms with Crippen LogP contribution in [0.2, 0.25) is 0 Å². The van der Waals surface area contributed by atoms with E-state index in [1.54, 1.807) is 0 Å². The third-order valence-corrected chi connectivity index (χ3v) is 0.716. The summed E-state index contributed by atoms with van der Waals surface area (Å²) in [4.78, 5) is 9.83. The molecule has 46 valence electrons. The van der Waals surface area contributed by atoms with Crippen LogP contribution in [0.25, 0.3) is 0 Å². The van der Waals surface area contributed by atoms with E-state index in [1.165, 1.54) is 5.37 Å². The third kappa shape index (κ3) is 5.36. The second kappa shape index (κ2) is 4.52. The summed E-state index contributed by atoms with van der Waals surface area (Å²) in [5.74, 6) is 0. The normalized spacial score (nSPS) is 8.00. The molecule has 0 unspecified atom stereocenters. The zero-order chi connectivity index (χ0) is 6.41. The molecule has 0 saturated carbocycles. The van der Waals surface area contributed by atoms with Crippen LogP contribution >= 0.6 is 12.2 Å². The topological polar surface area (TPSA) is 52.3 Å². The highest BCUT2D eigenvalue weighted by Gasteiger charge is 1.87. The molecule has 0 aromatic heterocycles. The standard InChI is InChI=1S/C4H7NO2S/c5-4(6)7-2-1-3-8/h3H,1-2H2,(H2,5,6). The van der Waals surface area contributed by atoms with Gasteiger partial charge in [-0.15, -0.1) is 0 Å². The summed E-state index contributed by atoms with van der Waals surface area (Å²) in [6.45, 7) is 0.291. The summed E-state index contributed by atoms with van der Waals surface area (Å²) in [7, 11) is 0. The van der Waals surface area contributed by atoms with Crippen molar-refractivity contribution in [3.05, 3.63) is 0 Å². The van der Waals surface area contributed by atoms with Gasteiger partial charge in [-0.25, -0.2) is 4.79 Å². The zero-order valence-corrected chi connectivity index (χ0v) is 5.11. The molecule has 0 atom stereocenters. The molecule has 0 fully saturated rings. The maximum Gasteiger partial charge on any atom is 0.404 e. The molecule has 0 heterocycles. The van der Waals surface area contributed by atoms with Crippen molar-refractivity contribution < 1.29 is 9.53 Å². The lowest BCUT2D eigenvalue weighted by Crippen LogP contribution is -2.13. The molecule has 3 nitrogen and oxygen atoms in total. The molecule has 0 aliphatic rings. The van der Waals surface area contributed by atoms with Crippen molar-refractivity contribution in [3.8, 4) is 0 Å². The van der Waals surface area contributed by atoms with E-state index < -0.39 is 6.09 Å². The smallest absolute Gasteiger partial charge is 0.404 e. The van der Waals surface area contributed by atoms with Gasteiger partial charge in [0.2, 0.25) is 0 Å². The quantitative estimate of drug-likeness (QED) is 0.449. The molecule has 0 aromatic carbocycles. The Morgan fingerprint density at radius 2 is 2.50 bits per heavy atom. The number of hydrogen-bond acceptors (Lipinski definition) is 3. The number of primary amides is 1. The molecule has 8 heavy (non-hydrogen) atoms. The van der Waals surface area contributed by atoms with Gasteiger partial charge in [0.15, 0.2) is 0 Å². The first-order valence-corrected chi connectivity index (χ1v) is 2.60. The first-order chi connectivity index (χ1) is 3.77. The van der Waals surface area contributed by atoms with Crippen molar-refractivity contribution in [1.29, 1.82) is 0 Å². The Morgan fingerprint density at radius 3 is 2.88 bits per heavy atom. The average molecular weight is 133 g/mol. The molecule has 0 bridgehead atoms. The zero-order valence-electron chi connectivity index (χ0n) is 4.29. The first-order valence-electron chi connectivity index (χ1n) is 2.13. The molecule has 4 heteroatoms. The molecule has 1 amide bonds. The van der Waals surface area contributed by atoms with Crippen LogP contribution in [-0.2, 0) is 4.74 Å². The van der Waals surface area contributed by atoms with Gasteiger partial charge in [0.25, 0.3) is 0 Å². The minimum atomic E-state index is -0.748. The lowest BCUT2D eigenvalue weighted by molar-refractivity contribution is 0.160. The van der Waals surface area contributed by atoms with E-state index in [0.717, 1.165) is 0 Å². The number of hydrogen-bond donors (Lipinski definition) is 1. The fourth-order valence-electron chi connectivity index (χ4n) is 0.208. The Kier molecular flexibility index (Phi) is 4.16. The average Bonchev–Trinajstić information content (AvgIpc) is 1.66. The first kappa shape index (κ1) is 7.36. The Labute approximate surface area is 52.8 Å². The number of ether oxygens (including phenoxy) is 1. The van der Waals surface area contributed by atoms with Crippen molar-refractivity contribution in [2.45, 2.75) is 6.42 Å². The van der Waals surface area contributed by atoms with Crippen LogP contribution < -0.4 is 5.73 Å². The molecule has 2 N–H and O–H groups in total. The number of carbonyl (C=O) groups excluding carboxylic acids is 1. The summed E-state index contributed by atoms with van der Waals surface area (Å²) < 4.78 is 4.32. The fraction of sp³-hybridized carbons (Fsp3) is 0.500. The highest BCUT2D eigenvalue weighted by Crippen LogP contribution is 1.76. The van der Waals surface area contributed by atoms with Gasteiger partial charge < -0.3 is 10.5 Å². The number of thiocarbonyl (C=S) groups is 1. The number of carbonyl (C=O) groups is 1. The summed E-state index contributed by atoms with van der Waals surface area (Å²) >= 11 is 4.45. The van der Waals surface area contributed by atoms with Gasteiger partial charge in [0, 0.05) is 6.42 Å². The van der Waals surface area contributed by atoms with Crippen molar-refractivity contribution >= 4 is 23.7 Å². The molecular formula is C4H7NO2S. The molecule has 0 rings (SSSR count). The molecule has 0 spiro atoms. The fourth-order valence-corrected chi connectivity index (χ4v) is 0.304. The predicted molar refractivity (Wildman–Crippen MR) is 33.8 cm³/mol. The second-order valence-electron chi connectivity index (χ2n) is 1.12. The highest BCUT2D eigenvalue weighted by molar-refractivity contribution is 7.78. The van der Waals surface area contributed by atoms with E-state index in [2.05, 4.69) is 22.7 Å². The van der Waals surface area contributed by atoms with Crippen LogP contribution in [0.1, 0.15) is 6.42 Å². The van der Waals surface area contributed by atoms with Gasteiger partial charge in [-0.3, -0.25) is 0 Å².